The number of hydrogen-bond acceptors (Lipinski definition) is 3. The highest BCUT2D eigenvalue weighted by molar-refractivity contribution is 5.81. The van der Waals surface area contributed by atoms with Crippen LogP contribution in [0, 0.1) is 0 Å². The summed E-state index contributed by atoms with van der Waals surface area (Å²) in [6, 6.07) is 0. The molecule has 0 atom stereocenters. The first-order valence-electron chi connectivity index (χ1n) is 4.46. The first-order chi connectivity index (χ1) is 6.27. The molecule has 70 valence electrons. The summed E-state index contributed by atoms with van der Waals surface area (Å²) in [5.74, 6) is -0.165. The predicted octanol–water partition coefficient (Wildman–Crippen LogP) is 2.03. The molecule has 1 aliphatic carbocycles. The summed E-state index contributed by atoms with van der Waals surface area (Å²) in [5.41, 5.74) is 0. The van der Waals surface area contributed by atoms with Crippen molar-refractivity contribution in [1.29, 1.82) is 0 Å². The van der Waals surface area contributed by atoms with Crippen molar-refractivity contribution in [3.63, 3.8) is 0 Å². The zero-order chi connectivity index (χ0) is 9.26. The number of hydrogen-bond donors (Lipinski definition) is 1. The number of carboxylic acid groups (broad SMARTS) is 1. The average Bonchev–Trinajstić information content (AvgIpc) is 2.75. The zero-order valence-electron chi connectivity index (χ0n) is 7.19. The van der Waals surface area contributed by atoms with E-state index in [9.17, 15) is 4.79 Å². The fourth-order valence-electron chi connectivity index (χ4n) is 1.78. The quantitative estimate of drug-likeness (QED) is 0.758. The fourth-order valence-corrected chi connectivity index (χ4v) is 1.78. The van der Waals surface area contributed by atoms with Crippen LogP contribution in [-0.2, 0) is 0 Å². The normalized spacial score (nSPS) is 17.8. The third kappa shape index (κ3) is 1.56. The van der Waals surface area contributed by atoms with E-state index in [-0.39, 0.29) is 5.89 Å². The summed E-state index contributed by atoms with van der Waals surface area (Å²) in [7, 11) is 0. The second kappa shape index (κ2) is 3.20. The minimum Gasteiger partial charge on any atom is -0.474 e. The van der Waals surface area contributed by atoms with Crippen LogP contribution in [0.4, 0.5) is 0 Å². The number of aromatic carboxylic acids is 1. The van der Waals surface area contributed by atoms with Gasteiger partial charge < -0.3 is 9.52 Å². The molecule has 1 N–H and O–H groups in total. The van der Waals surface area contributed by atoms with Gasteiger partial charge in [0.15, 0.2) is 0 Å². The Morgan fingerprint density at radius 3 is 2.77 bits per heavy atom. The van der Waals surface area contributed by atoms with Crippen molar-refractivity contribution in [2.24, 2.45) is 0 Å². The molecule has 4 heteroatoms. The standard InChI is InChI=1S/C9H11NO3/c11-9(12)8-10-5-7(13-8)6-3-1-2-4-6/h5-6H,1-4H2,(H,11,12). The van der Waals surface area contributed by atoms with Crippen molar-refractivity contribution in [3.8, 4) is 0 Å². The van der Waals surface area contributed by atoms with Crippen LogP contribution >= 0.6 is 0 Å². The topological polar surface area (TPSA) is 63.3 Å². The molecule has 0 amide bonds. The van der Waals surface area contributed by atoms with Gasteiger partial charge in [0.25, 0.3) is 0 Å². The molecule has 0 unspecified atom stereocenters. The highest BCUT2D eigenvalue weighted by atomic mass is 16.4. The molecule has 2 rings (SSSR count). The molecule has 0 radical (unpaired) electrons. The largest absolute Gasteiger partial charge is 0.474 e. The molecule has 1 saturated carbocycles. The molecule has 0 spiro atoms. The number of rotatable bonds is 2. The molecule has 0 aliphatic heterocycles. The number of carbonyl (C=O) groups is 1. The highest BCUT2D eigenvalue weighted by Crippen LogP contribution is 2.34. The molecule has 0 saturated heterocycles. The second-order valence-corrected chi connectivity index (χ2v) is 3.35. The third-order valence-corrected chi connectivity index (χ3v) is 2.46. The molecular weight excluding hydrogens is 170 g/mol. The molecule has 0 aromatic carbocycles. The minimum atomic E-state index is -1.09. The molecule has 4 nitrogen and oxygen atoms in total. The lowest BCUT2D eigenvalue weighted by molar-refractivity contribution is 0.0651. The lowest BCUT2D eigenvalue weighted by Crippen LogP contribution is -1.95. The molecular formula is C9H11NO3. The monoisotopic (exact) mass is 181 g/mol. The third-order valence-electron chi connectivity index (χ3n) is 2.46. The van der Waals surface area contributed by atoms with Crippen molar-refractivity contribution >= 4 is 5.97 Å². The van der Waals surface area contributed by atoms with Crippen LogP contribution in [0.2, 0.25) is 0 Å². The highest BCUT2D eigenvalue weighted by Gasteiger charge is 2.22. The fraction of sp³-hybridized carbons (Fsp3) is 0.556. The van der Waals surface area contributed by atoms with Gasteiger partial charge >= 0.3 is 11.9 Å². The van der Waals surface area contributed by atoms with Gasteiger partial charge in [-0.1, -0.05) is 12.8 Å². The predicted molar refractivity (Wildman–Crippen MR) is 44.7 cm³/mol. The van der Waals surface area contributed by atoms with Crippen molar-refractivity contribution in [2.45, 2.75) is 31.6 Å². The number of aromatic nitrogens is 1. The Morgan fingerprint density at radius 1 is 1.54 bits per heavy atom. The first-order valence-corrected chi connectivity index (χ1v) is 4.46. The Kier molecular flexibility index (Phi) is 2.04. The first kappa shape index (κ1) is 8.29. The zero-order valence-corrected chi connectivity index (χ0v) is 7.19. The maximum Gasteiger partial charge on any atom is 0.392 e. The molecule has 13 heavy (non-hydrogen) atoms. The summed E-state index contributed by atoms with van der Waals surface area (Å²) in [6.07, 6.45) is 6.13. The van der Waals surface area contributed by atoms with Crippen LogP contribution in [0.3, 0.4) is 0 Å². The van der Waals surface area contributed by atoms with E-state index in [1.54, 1.807) is 6.20 Å². The summed E-state index contributed by atoms with van der Waals surface area (Å²) >= 11 is 0. The maximum atomic E-state index is 10.5. The van der Waals surface area contributed by atoms with Gasteiger partial charge in [-0.05, 0) is 12.8 Å². The van der Waals surface area contributed by atoms with Crippen molar-refractivity contribution in [3.05, 3.63) is 17.8 Å². The van der Waals surface area contributed by atoms with E-state index >= 15 is 0 Å². The Bertz CT molecular complexity index is 312. The summed E-state index contributed by atoms with van der Waals surface area (Å²) in [4.78, 5) is 14.2. The van der Waals surface area contributed by atoms with E-state index in [0.717, 1.165) is 18.6 Å². The van der Waals surface area contributed by atoms with Crippen LogP contribution < -0.4 is 0 Å². The second-order valence-electron chi connectivity index (χ2n) is 3.35. The van der Waals surface area contributed by atoms with E-state index in [2.05, 4.69) is 4.98 Å². The smallest absolute Gasteiger partial charge is 0.392 e. The summed E-state index contributed by atoms with van der Waals surface area (Å²) < 4.78 is 5.12. The lowest BCUT2D eigenvalue weighted by atomic mass is 10.1. The molecule has 1 fully saturated rings. The SMILES string of the molecule is O=C(O)c1ncc(C2CCCC2)o1. The van der Waals surface area contributed by atoms with Gasteiger partial charge in [0, 0.05) is 5.92 Å². The maximum absolute atomic E-state index is 10.5. The van der Waals surface area contributed by atoms with Gasteiger partial charge in [-0.15, -0.1) is 0 Å². The Hall–Kier alpha value is -1.32. The molecule has 1 aromatic rings. The van der Waals surface area contributed by atoms with Gasteiger partial charge in [-0.2, -0.15) is 0 Å². The van der Waals surface area contributed by atoms with E-state index in [0.29, 0.717) is 5.92 Å². The number of carboxylic acids is 1. The van der Waals surface area contributed by atoms with Crippen molar-refractivity contribution in [2.75, 3.05) is 0 Å². The van der Waals surface area contributed by atoms with Crippen molar-refractivity contribution in [1.82, 2.24) is 4.98 Å². The molecule has 1 heterocycles. The van der Waals surface area contributed by atoms with Crippen LogP contribution in [0.25, 0.3) is 0 Å². The van der Waals surface area contributed by atoms with Gasteiger partial charge in [0.2, 0.25) is 0 Å². The van der Waals surface area contributed by atoms with Crippen LogP contribution in [-0.4, -0.2) is 16.1 Å². The minimum absolute atomic E-state index is 0.193. The van der Waals surface area contributed by atoms with Crippen LogP contribution in [0.1, 0.15) is 48.0 Å². The van der Waals surface area contributed by atoms with E-state index in [4.69, 9.17) is 9.52 Å². The van der Waals surface area contributed by atoms with Crippen molar-refractivity contribution < 1.29 is 14.3 Å². The molecule has 1 aliphatic rings. The van der Waals surface area contributed by atoms with E-state index in [1.165, 1.54) is 12.8 Å². The Morgan fingerprint density at radius 2 is 2.23 bits per heavy atom. The summed E-state index contributed by atoms with van der Waals surface area (Å²) in [5, 5.41) is 8.58. The van der Waals surface area contributed by atoms with Gasteiger partial charge in [0.05, 0.1) is 6.20 Å². The molecule has 1 aromatic heterocycles. The Labute approximate surface area is 75.6 Å². The van der Waals surface area contributed by atoms with Crippen LogP contribution in [0.5, 0.6) is 0 Å². The number of nitrogens with zero attached hydrogens (tertiary/aromatic N) is 1. The van der Waals surface area contributed by atoms with Gasteiger partial charge in [-0.3, -0.25) is 0 Å². The average molecular weight is 181 g/mol. The Balaban J connectivity index is 2.16. The van der Waals surface area contributed by atoms with Crippen LogP contribution in [0.15, 0.2) is 10.6 Å². The van der Waals surface area contributed by atoms with Gasteiger partial charge in [0.1, 0.15) is 5.76 Å². The van der Waals surface area contributed by atoms with E-state index < -0.39 is 5.97 Å². The lowest BCUT2D eigenvalue weighted by Gasteiger charge is -2.01. The van der Waals surface area contributed by atoms with E-state index in [1.807, 2.05) is 0 Å². The number of oxazole rings is 1. The van der Waals surface area contributed by atoms with Gasteiger partial charge in [-0.25, -0.2) is 9.78 Å². The summed E-state index contributed by atoms with van der Waals surface area (Å²) in [6.45, 7) is 0. The molecule has 0 bridgehead atoms.